The van der Waals surface area contributed by atoms with Gasteiger partial charge in [0, 0.05) is 19.6 Å². The molecule has 0 bridgehead atoms. The van der Waals surface area contributed by atoms with E-state index < -0.39 is 30.6 Å². The summed E-state index contributed by atoms with van der Waals surface area (Å²) in [7, 11) is -0.438. The molecule has 0 saturated carbocycles. The Kier molecular flexibility index (Phi) is 5.16. The number of hydrogen-bond donors (Lipinski definition) is 0. The topological polar surface area (TPSA) is 30.9 Å². The molecular weight excluding hydrogens is 346 g/mol. The zero-order valence-electron chi connectivity index (χ0n) is 15.6. The summed E-state index contributed by atoms with van der Waals surface area (Å²) in [6.07, 6.45) is -6.03. The summed E-state index contributed by atoms with van der Waals surface area (Å²) in [6.45, 7) is 8.89. The van der Waals surface area contributed by atoms with Gasteiger partial charge >= 0.3 is 13.3 Å². The number of rotatable bonds is 3. The number of halogens is 3. The highest BCUT2D eigenvalue weighted by Gasteiger charge is 2.51. The molecule has 1 aromatic rings. The quantitative estimate of drug-likeness (QED) is 0.765. The molecule has 0 aliphatic carbocycles. The summed E-state index contributed by atoms with van der Waals surface area (Å²) in [5.74, 6) is 0. The van der Waals surface area contributed by atoms with Crippen LogP contribution in [0.15, 0.2) is 24.3 Å². The predicted molar refractivity (Wildman–Crippen MR) is 93.2 cm³/mol. The Labute approximate surface area is 152 Å². The zero-order chi connectivity index (χ0) is 19.2. The van der Waals surface area contributed by atoms with Crippen molar-refractivity contribution >= 4 is 12.6 Å². The van der Waals surface area contributed by atoms with E-state index in [4.69, 9.17) is 14.0 Å². The van der Waals surface area contributed by atoms with Gasteiger partial charge in [0.05, 0.1) is 17.8 Å². The van der Waals surface area contributed by atoms with E-state index >= 15 is 0 Å². The second-order valence-electron chi connectivity index (χ2n) is 7.97. The molecule has 0 N–H and O–H groups in total. The van der Waals surface area contributed by atoms with Gasteiger partial charge in [0.15, 0.2) is 6.10 Å². The number of ether oxygens (including phenoxy) is 1. The van der Waals surface area contributed by atoms with Gasteiger partial charge in [0.2, 0.25) is 0 Å². The molecule has 1 atom stereocenters. The highest BCUT2D eigenvalue weighted by atomic mass is 19.4. The van der Waals surface area contributed by atoms with E-state index in [0.29, 0.717) is 13.1 Å². The van der Waals surface area contributed by atoms with Crippen LogP contribution in [-0.2, 0) is 20.6 Å². The van der Waals surface area contributed by atoms with Crippen LogP contribution in [0, 0.1) is 0 Å². The molecule has 8 heteroatoms. The molecule has 2 aliphatic heterocycles. The molecule has 2 fully saturated rings. The molecule has 2 heterocycles. The molecule has 2 aliphatic rings. The fourth-order valence-corrected chi connectivity index (χ4v) is 3.06. The molecule has 4 nitrogen and oxygen atoms in total. The standard InChI is InChI=1S/C18H25BF3NO3/c1-16(2)17(3,4)26-19(25-16)14-7-5-13(6-8-14)11-23-9-10-24-15(12-23)18(20,21)22/h5-8,15H,9-12H2,1-4H3. The van der Waals surface area contributed by atoms with Crippen molar-refractivity contribution in [1.82, 2.24) is 4.90 Å². The van der Waals surface area contributed by atoms with Crippen molar-refractivity contribution in [3.63, 3.8) is 0 Å². The van der Waals surface area contributed by atoms with Gasteiger partial charge in [-0.2, -0.15) is 13.2 Å². The van der Waals surface area contributed by atoms with Gasteiger partial charge in [-0.05, 0) is 38.7 Å². The van der Waals surface area contributed by atoms with Gasteiger partial charge in [-0.3, -0.25) is 4.90 Å². The summed E-state index contributed by atoms with van der Waals surface area (Å²) < 4.78 is 55.3. The van der Waals surface area contributed by atoms with Crippen molar-refractivity contribution in [3.05, 3.63) is 29.8 Å². The summed E-state index contributed by atoms with van der Waals surface area (Å²) in [5, 5.41) is 0. The Morgan fingerprint density at radius 2 is 1.65 bits per heavy atom. The molecule has 3 rings (SSSR count). The normalized spacial score (nSPS) is 26.3. The van der Waals surface area contributed by atoms with Crippen molar-refractivity contribution < 1.29 is 27.2 Å². The first kappa shape index (κ1) is 19.7. The van der Waals surface area contributed by atoms with Crippen molar-refractivity contribution in [2.45, 2.75) is 57.7 Å². The average Bonchev–Trinajstić information content (AvgIpc) is 2.75. The van der Waals surface area contributed by atoms with Gasteiger partial charge < -0.3 is 14.0 Å². The number of hydrogen-bond acceptors (Lipinski definition) is 4. The van der Waals surface area contributed by atoms with E-state index in [1.165, 1.54) is 0 Å². The van der Waals surface area contributed by atoms with Crippen LogP contribution in [-0.4, -0.2) is 55.2 Å². The van der Waals surface area contributed by atoms with Crippen LogP contribution in [0.5, 0.6) is 0 Å². The van der Waals surface area contributed by atoms with Crippen LogP contribution in [0.25, 0.3) is 0 Å². The van der Waals surface area contributed by atoms with Gasteiger partial charge in [-0.1, -0.05) is 24.3 Å². The van der Waals surface area contributed by atoms with Gasteiger partial charge in [-0.15, -0.1) is 0 Å². The molecule has 0 aromatic heterocycles. The smallest absolute Gasteiger partial charge is 0.399 e. The number of benzene rings is 1. The summed E-state index contributed by atoms with van der Waals surface area (Å²) in [4.78, 5) is 1.77. The monoisotopic (exact) mass is 371 g/mol. The molecule has 0 amide bonds. The van der Waals surface area contributed by atoms with Gasteiger partial charge in [0.1, 0.15) is 0 Å². The Morgan fingerprint density at radius 3 is 2.19 bits per heavy atom. The second kappa shape index (κ2) is 6.82. The van der Waals surface area contributed by atoms with Crippen molar-refractivity contribution in [2.24, 2.45) is 0 Å². The molecule has 0 radical (unpaired) electrons. The lowest BCUT2D eigenvalue weighted by molar-refractivity contribution is -0.237. The first-order chi connectivity index (χ1) is 12.0. The van der Waals surface area contributed by atoms with E-state index in [1.807, 2.05) is 52.0 Å². The van der Waals surface area contributed by atoms with E-state index in [-0.39, 0.29) is 13.2 Å². The van der Waals surface area contributed by atoms with Crippen LogP contribution >= 0.6 is 0 Å². The summed E-state index contributed by atoms with van der Waals surface area (Å²) >= 11 is 0. The number of nitrogens with zero attached hydrogens (tertiary/aromatic N) is 1. The fraction of sp³-hybridized carbons (Fsp3) is 0.667. The zero-order valence-corrected chi connectivity index (χ0v) is 15.6. The number of morpholine rings is 1. The van der Waals surface area contributed by atoms with Crippen molar-refractivity contribution in [1.29, 1.82) is 0 Å². The first-order valence-corrected chi connectivity index (χ1v) is 8.83. The molecule has 144 valence electrons. The van der Waals surface area contributed by atoms with Gasteiger partial charge in [-0.25, -0.2) is 0 Å². The second-order valence-corrected chi connectivity index (χ2v) is 7.97. The van der Waals surface area contributed by atoms with Gasteiger partial charge in [0.25, 0.3) is 0 Å². The fourth-order valence-electron chi connectivity index (χ4n) is 3.06. The lowest BCUT2D eigenvalue weighted by Crippen LogP contribution is -2.48. The lowest BCUT2D eigenvalue weighted by Gasteiger charge is -2.33. The lowest BCUT2D eigenvalue weighted by atomic mass is 9.79. The van der Waals surface area contributed by atoms with Crippen molar-refractivity contribution in [2.75, 3.05) is 19.7 Å². The third kappa shape index (κ3) is 4.08. The molecule has 0 spiro atoms. The highest BCUT2D eigenvalue weighted by Crippen LogP contribution is 2.36. The predicted octanol–water partition coefficient (Wildman–Crippen LogP) is 2.75. The minimum Gasteiger partial charge on any atom is -0.399 e. The SMILES string of the molecule is CC1(C)OB(c2ccc(CN3CCOC(C(F)(F)F)C3)cc2)OC1(C)C. The first-order valence-electron chi connectivity index (χ1n) is 8.83. The third-order valence-electron chi connectivity index (χ3n) is 5.43. The average molecular weight is 371 g/mol. The minimum atomic E-state index is -4.32. The largest absolute Gasteiger partial charge is 0.494 e. The summed E-state index contributed by atoms with van der Waals surface area (Å²) in [6, 6.07) is 7.66. The van der Waals surface area contributed by atoms with E-state index in [9.17, 15) is 13.2 Å². The number of alkyl halides is 3. The maximum atomic E-state index is 12.8. The molecular formula is C18H25BF3NO3. The maximum Gasteiger partial charge on any atom is 0.494 e. The molecule has 1 unspecified atom stereocenters. The minimum absolute atomic E-state index is 0.0934. The summed E-state index contributed by atoms with van der Waals surface area (Å²) in [5.41, 5.74) is 1.05. The van der Waals surface area contributed by atoms with Crippen LogP contribution in [0.1, 0.15) is 33.3 Å². The molecule has 1 aromatic carbocycles. The maximum absolute atomic E-state index is 12.8. The Balaban J connectivity index is 1.62. The van der Waals surface area contributed by atoms with E-state index in [0.717, 1.165) is 11.0 Å². The van der Waals surface area contributed by atoms with Crippen LogP contribution in [0.4, 0.5) is 13.2 Å². The van der Waals surface area contributed by atoms with Crippen LogP contribution < -0.4 is 5.46 Å². The van der Waals surface area contributed by atoms with E-state index in [1.54, 1.807) is 4.90 Å². The molecule has 26 heavy (non-hydrogen) atoms. The van der Waals surface area contributed by atoms with Crippen LogP contribution in [0.3, 0.4) is 0 Å². The highest BCUT2D eigenvalue weighted by molar-refractivity contribution is 6.62. The van der Waals surface area contributed by atoms with Crippen LogP contribution in [0.2, 0.25) is 0 Å². The van der Waals surface area contributed by atoms with Crippen molar-refractivity contribution in [3.8, 4) is 0 Å². The van der Waals surface area contributed by atoms with E-state index in [2.05, 4.69) is 0 Å². The Morgan fingerprint density at radius 1 is 1.08 bits per heavy atom. The Bertz CT molecular complexity index is 618. The third-order valence-corrected chi connectivity index (χ3v) is 5.43. The Hall–Kier alpha value is -1.09. The molecule has 2 saturated heterocycles.